The molecule has 102 valence electrons. The second kappa shape index (κ2) is 5.25. The van der Waals surface area contributed by atoms with Crippen LogP contribution in [0.1, 0.15) is 24.8 Å². The fraction of sp³-hybridized carbons (Fsp3) is 0.533. The number of carboxylic acids is 1. The van der Waals surface area contributed by atoms with Crippen molar-refractivity contribution in [2.75, 3.05) is 0 Å². The minimum absolute atomic E-state index is 0.153. The quantitative estimate of drug-likeness (QED) is 0.895. The van der Waals surface area contributed by atoms with Gasteiger partial charge in [0, 0.05) is 17.1 Å². The molecule has 2 bridgehead atoms. The molecule has 0 radical (unpaired) electrons. The first-order valence-electron chi connectivity index (χ1n) is 6.86. The topological polar surface area (TPSA) is 49.3 Å². The van der Waals surface area contributed by atoms with Crippen molar-refractivity contribution >= 4 is 21.9 Å². The number of fused-ring (bicyclic) bond motifs is 2. The Hall–Kier alpha value is -0.870. The zero-order valence-electron chi connectivity index (χ0n) is 10.7. The molecule has 2 aliphatic rings. The van der Waals surface area contributed by atoms with Gasteiger partial charge in [-0.2, -0.15) is 0 Å². The summed E-state index contributed by atoms with van der Waals surface area (Å²) in [6.07, 6.45) is 3.37. The third-order valence-corrected chi connectivity index (χ3v) is 5.19. The van der Waals surface area contributed by atoms with Crippen molar-refractivity contribution in [3.8, 4) is 0 Å². The maximum absolute atomic E-state index is 11.4. The summed E-state index contributed by atoms with van der Waals surface area (Å²) in [5.74, 6) is 0.140. The highest BCUT2D eigenvalue weighted by Crippen LogP contribution is 2.48. The number of rotatable bonds is 4. The lowest BCUT2D eigenvalue weighted by molar-refractivity contribution is -0.144. The normalized spacial score (nSPS) is 32.7. The van der Waals surface area contributed by atoms with Crippen LogP contribution >= 0.6 is 15.9 Å². The summed E-state index contributed by atoms with van der Waals surface area (Å²) in [4.78, 5) is 11.4. The van der Waals surface area contributed by atoms with E-state index < -0.39 is 5.97 Å². The fourth-order valence-corrected chi connectivity index (χ4v) is 4.04. The maximum Gasteiger partial charge on any atom is 0.308 e. The Kier molecular flexibility index (Phi) is 3.63. The van der Waals surface area contributed by atoms with Crippen LogP contribution in [0, 0.1) is 17.8 Å². The second-order valence-electron chi connectivity index (χ2n) is 5.73. The molecule has 2 fully saturated rings. The third-order valence-electron chi connectivity index (χ3n) is 4.66. The van der Waals surface area contributed by atoms with Gasteiger partial charge in [-0.25, -0.2) is 0 Å². The Balaban J connectivity index is 1.65. The van der Waals surface area contributed by atoms with Crippen LogP contribution in [0.15, 0.2) is 28.7 Å². The first-order valence-corrected chi connectivity index (χ1v) is 7.65. The van der Waals surface area contributed by atoms with Crippen molar-refractivity contribution in [3.05, 3.63) is 34.3 Å². The highest BCUT2D eigenvalue weighted by Gasteiger charge is 2.50. The van der Waals surface area contributed by atoms with Crippen molar-refractivity contribution in [1.82, 2.24) is 5.32 Å². The molecule has 4 atom stereocenters. The molecule has 19 heavy (non-hydrogen) atoms. The predicted octanol–water partition coefficient (Wildman–Crippen LogP) is 3.04. The maximum atomic E-state index is 11.4. The van der Waals surface area contributed by atoms with E-state index in [9.17, 15) is 9.90 Å². The molecule has 0 amide bonds. The molecule has 0 aliphatic heterocycles. The monoisotopic (exact) mass is 323 g/mol. The summed E-state index contributed by atoms with van der Waals surface area (Å²) in [7, 11) is 0. The summed E-state index contributed by atoms with van der Waals surface area (Å²) in [5.41, 5.74) is 1.20. The van der Waals surface area contributed by atoms with E-state index in [2.05, 4.69) is 33.4 Å². The van der Waals surface area contributed by atoms with Crippen LogP contribution in [-0.2, 0) is 11.3 Å². The summed E-state index contributed by atoms with van der Waals surface area (Å²) >= 11 is 3.42. The fourth-order valence-electron chi connectivity index (χ4n) is 3.78. The lowest BCUT2D eigenvalue weighted by Crippen LogP contribution is -2.43. The molecule has 3 rings (SSSR count). The lowest BCUT2D eigenvalue weighted by Gasteiger charge is -2.29. The van der Waals surface area contributed by atoms with Gasteiger partial charge in [-0.15, -0.1) is 0 Å². The minimum Gasteiger partial charge on any atom is -0.481 e. The Labute approximate surface area is 121 Å². The Morgan fingerprint density at radius 3 is 2.63 bits per heavy atom. The summed E-state index contributed by atoms with van der Waals surface area (Å²) in [6.45, 7) is 0.755. The van der Waals surface area contributed by atoms with Gasteiger partial charge in [0.2, 0.25) is 0 Å². The molecule has 0 aromatic heterocycles. The number of hydrogen-bond donors (Lipinski definition) is 2. The van der Waals surface area contributed by atoms with Crippen molar-refractivity contribution in [2.24, 2.45) is 17.8 Å². The van der Waals surface area contributed by atoms with Crippen LogP contribution in [0.5, 0.6) is 0 Å². The van der Waals surface area contributed by atoms with Gasteiger partial charge in [-0.1, -0.05) is 28.1 Å². The van der Waals surface area contributed by atoms with Crippen molar-refractivity contribution in [3.63, 3.8) is 0 Å². The first-order chi connectivity index (χ1) is 9.15. The summed E-state index contributed by atoms with van der Waals surface area (Å²) in [6, 6.07) is 8.33. The van der Waals surface area contributed by atoms with Crippen molar-refractivity contribution < 1.29 is 9.90 Å². The van der Waals surface area contributed by atoms with Gasteiger partial charge in [-0.3, -0.25) is 4.79 Å². The van der Waals surface area contributed by atoms with Crippen LogP contribution in [0.25, 0.3) is 0 Å². The van der Waals surface area contributed by atoms with E-state index in [0.717, 1.165) is 23.9 Å². The molecule has 2 N–H and O–H groups in total. The Morgan fingerprint density at radius 2 is 1.95 bits per heavy atom. The van der Waals surface area contributed by atoms with Crippen LogP contribution in [0.3, 0.4) is 0 Å². The molecule has 0 saturated heterocycles. The van der Waals surface area contributed by atoms with E-state index in [0.29, 0.717) is 11.8 Å². The summed E-state index contributed by atoms with van der Waals surface area (Å²) < 4.78 is 1.07. The molecule has 2 aliphatic carbocycles. The minimum atomic E-state index is -0.625. The molecule has 1 aromatic carbocycles. The molecule has 0 spiro atoms. The Morgan fingerprint density at radius 1 is 1.26 bits per heavy atom. The number of carboxylic acid groups (broad SMARTS) is 1. The molecule has 2 saturated carbocycles. The molecular formula is C15H18BrNO2. The number of benzene rings is 1. The number of hydrogen-bond acceptors (Lipinski definition) is 2. The van der Waals surface area contributed by atoms with Gasteiger partial charge in [-0.05, 0) is 48.8 Å². The molecule has 3 nitrogen and oxygen atoms in total. The van der Waals surface area contributed by atoms with Gasteiger partial charge in [0.15, 0.2) is 0 Å². The van der Waals surface area contributed by atoms with E-state index in [1.165, 1.54) is 12.0 Å². The van der Waals surface area contributed by atoms with Gasteiger partial charge in [0.25, 0.3) is 0 Å². The number of halogens is 1. The van der Waals surface area contributed by atoms with E-state index in [1.54, 1.807) is 0 Å². The number of nitrogens with one attached hydrogen (secondary N) is 1. The van der Waals surface area contributed by atoms with Crippen LogP contribution in [-0.4, -0.2) is 17.1 Å². The average Bonchev–Trinajstić information content (AvgIpc) is 2.98. The van der Waals surface area contributed by atoms with E-state index in [-0.39, 0.29) is 12.0 Å². The van der Waals surface area contributed by atoms with Crippen LogP contribution < -0.4 is 5.32 Å². The largest absolute Gasteiger partial charge is 0.481 e. The SMILES string of the molecule is O=C(O)C1C2CCC(C2)C1NCc1ccc(Br)cc1. The second-order valence-corrected chi connectivity index (χ2v) is 6.65. The predicted molar refractivity (Wildman–Crippen MR) is 76.7 cm³/mol. The molecular weight excluding hydrogens is 306 g/mol. The zero-order valence-corrected chi connectivity index (χ0v) is 12.3. The first kappa shape index (κ1) is 13.1. The highest BCUT2D eigenvalue weighted by atomic mass is 79.9. The molecule has 4 heteroatoms. The lowest BCUT2D eigenvalue weighted by atomic mass is 9.84. The van der Waals surface area contributed by atoms with Crippen LogP contribution in [0.4, 0.5) is 0 Å². The van der Waals surface area contributed by atoms with Crippen molar-refractivity contribution in [1.29, 1.82) is 0 Å². The standard InChI is InChI=1S/C15H18BrNO2/c16-12-5-1-9(2-6-12)8-17-14-11-4-3-10(7-11)13(14)15(18)19/h1-2,5-6,10-11,13-14,17H,3-4,7-8H2,(H,18,19). The van der Waals surface area contributed by atoms with Gasteiger partial charge in [0.05, 0.1) is 5.92 Å². The van der Waals surface area contributed by atoms with E-state index in [1.807, 2.05) is 12.1 Å². The summed E-state index contributed by atoms with van der Waals surface area (Å²) in [5, 5.41) is 12.9. The molecule has 1 aromatic rings. The van der Waals surface area contributed by atoms with E-state index >= 15 is 0 Å². The van der Waals surface area contributed by atoms with Gasteiger partial charge in [0.1, 0.15) is 0 Å². The van der Waals surface area contributed by atoms with Crippen molar-refractivity contribution in [2.45, 2.75) is 31.8 Å². The Bertz CT molecular complexity index is 474. The smallest absolute Gasteiger partial charge is 0.308 e. The zero-order chi connectivity index (χ0) is 13.4. The average molecular weight is 324 g/mol. The molecule has 0 heterocycles. The molecule has 4 unspecified atom stereocenters. The number of carbonyl (C=O) groups is 1. The van der Waals surface area contributed by atoms with E-state index in [4.69, 9.17) is 0 Å². The number of aliphatic carboxylic acids is 1. The van der Waals surface area contributed by atoms with Crippen LogP contribution in [0.2, 0.25) is 0 Å². The third kappa shape index (κ3) is 2.56. The van der Waals surface area contributed by atoms with Gasteiger partial charge < -0.3 is 10.4 Å². The highest BCUT2D eigenvalue weighted by molar-refractivity contribution is 9.10. The van der Waals surface area contributed by atoms with Gasteiger partial charge >= 0.3 is 5.97 Å².